The molecule has 0 saturated carbocycles. The molecule has 0 spiro atoms. The number of aromatic nitrogens is 3. The van der Waals surface area contributed by atoms with Crippen molar-refractivity contribution < 1.29 is 27.2 Å². The number of aromatic amines is 2. The van der Waals surface area contributed by atoms with E-state index in [0.717, 1.165) is 18.3 Å². The highest BCUT2D eigenvalue weighted by Crippen LogP contribution is 2.32. The summed E-state index contributed by atoms with van der Waals surface area (Å²) in [6.45, 7) is 0. The highest BCUT2D eigenvalue weighted by Gasteiger charge is 2.36. The third kappa shape index (κ3) is 3.13. The van der Waals surface area contributed by atoms with E-state index in [1.807, 2.05) is 0 Å². The number of carbonyl (C=O) groups excluding carboxylic acids is 2. The lowest BCUT2D eigenvalue weighted by molar-refractivity contribution is 0.0439. The third-order valence-electron chi connectivity index (χ3n) is 4.60. The predicted octanol–water partition coefficient (Wildman–Crippen LogP) is 3.49. The summed E-state index contributed by atoms with van der Waals surface area (Å²) in [7, 11) is 0. The monoisotopic (exact) mass is 419 g/mol. The molecule has 11 heteroatoms. The summed E-state index contributed by atoms with van der Waals surface area (Å²) in [5.41, 5.74) is 5.25. The normalized spacial score (nSPS) is 12.6. The van der Waals surface area contributed by atoms with Gasteiger partial charge in [-0.25, -0.2) is 17.6 Å². The number of alkyl halides is 3. The number of amides is 2. The van der Waals surface area contributed by atoms with Crippen LogP contribution in [0.1, 0.15) is 20.8 Å². The number of benzene rings is 2. The van der Waals surface area contributed by atoms with Crippen LogP contribution in [0.4, 0.5) is 23.2 Å². The van der Waals surface area contributed by atoms with Crippen molar-refractivity contribution in [2.75, 3.05) is 4.90 Å². The van der Waals surface area contributed by atoms with Crippen molar-refractivity contribution in [1.82, 2.24) is 15.2 Å². The number of primary amides is 1. The van der Waals surface area contributed by atoms with E-state index >= 15 is 0 Å². The van der Waals surface area contributed by atoms with Crippen molar-refractivity contribution in [3.63, 3.8) is 0 Å². The standard InChI is InChI=1S/C19H13F4N5O2/c20-9-2-4-10-12(6-9)25-7-14(10)28(17(23)16(21)22)19(30)15-11-3-1-8(18(24)29)5-13(11)26-27-15/h1-7,16-17,25H,(H2,24,29)(H,26,27). The van der Waals surface area contributed by atoms with Gasteiger partial charge < -0.3 is 10.7 Å². The minimum atomic E-state index is -3.51. The number of rotatable bonds is 5. The molecule has 154 valence electrons. The number of anilines is 1. The molecule has 1 atom stereocenters. The summed E-state index contributed by atoms with van der Waals surface area (Å²) in [5, 5.41) is 6.67. The average molecular weight is 419 g/mol. The van der Waals surface area contributed by atoms with Crippen LogP contribution in [0, 0.1) is 5.82 Å². The maximum Gasteiger partial charge on any atom is 0.288 e. The highest BCUT2D eigenvalue weighted by molar-refractivity contribution is 6.15. The Balaban J connectivity index is 1.84. The molecule has 2 aromatic carbocycles. The number of hydrogen-bond donors (Lipinski definition) is 3. The number of nitrogens with zero attached hydrogens (tertiary/aromatic N) is 2. The molecule has 0 radical (unpaired) electrons. The Bertz CT molecular complexity index is 1280. The lowest BCUT2D eigenvalue weighted by Crippen LogP contribution is -2.42. The van der Waals surface area contributed by atoms with Crippen molar-refractivity contribution in [2.24, 2.45) is 5.73 Å². The molecule has 0 bridgehead atoms. The second kappa shape index (κ2) is 7.17. The van der Waals surface area contributed by atoms with Crippen LogP contribution >= 0.6 is 0 Å². The van der Waals surface area contributed by atoms with E-state index in [9.17, 15) is 27.2 Å². The minimum Gasteiger partial charge on any atom is -0.366 e. The topological polar surface area (TPSA) is 108 Å². The summed E-state index contributed by atoms with van der Waals surface area (Å²) < 4.78 is 54.5. The van der Waals surface area contributed by atoms with Gasteiger partial charge >= 0.3 is 0 Å². The van der Waals surface area contributed by atoms with Gasteiger partial charge in [-0.15, -0.1) is 0 Å². The predicted molar refractivity (Wildman–Crippen MR) is 101 cm³/mol. The third-order valence-corrected chi connectivity index (χ3v) is 4.60. The van der Waals surface area contributed by atoms with E-state index in [2.05, 4.69) is 15.2 Å². The average Bonchev–Trinajstić information content (AvgIpc) is 3.31. The van der Waals surface area contributed by atoms with Crippen LogP contribution in [-0.4, -0.2) is 39.7 Å². The van der Waals surface area contributed by atoms with E-state index < -0.39 is 30.4 Å². The second-order valence-corrected chi connectivity index (χ2v) is 6.44. The maximum absolute atomic E-state index is 14.5. The molecule has 0 aliphatic carbocycles. The van der Waals surface area contributed by atoms with Crippen LogP contribution in [-0.2, 0) is 0 Å². The van der Waals surface area contributed by atoms with Crippen LogP contribution < -0.4 is 10.6 Å². The van der Waals surface area contributed by atoms with Crippen LogP contribution in [0.5, 0.6) is 0 Å². The Kier molecular flexibility index (Phi) is 4.65. The van der Waals surface area contributed by atoms with Crippen LogP contribution in [0.3, 0.4) is 0 Å². The zero-order valence-electron chi connectivity index (χ0n) is 15.0. The summed E-state index contributed by atoms with van der Waals surface area (Å²) in [6.07, 6.45) is -5.36. The van der Waals surface area contributed by atoms with Gasteiger partial charge in [0.2, 0.25) is 12.2 Å². The van der Waals surface area contributed by atoms with Gasteiger partial charge in [0.1, 0.15) is 5.82 Å². The fraction of sp³-hybridized carbons (Fsp3) is 0.105. The molecule has 2 amide bonds. The number of nitrogens with two attached hydrogens (primary N) is 1. The Morgan fingerprint density at radius 1 is 1.03 bits per heavy atom. The number of fused-ring (bicyclic) bond motifs is 2. The SMILES string of the molecule is NC(=O)c1ccc2c(C(=O)N(c3c[nH]c4cc(F)ccc34)C(F)C(F)F)n[nH]c2c1. The Labute approximate surface area is 165 Å². The zero-order chi connectivity index (χ0) is 21.6. The molecule has 1 unspecified atom stereocenters. The van der Waals surface area contributed by atoms with Crippen LogP contribution in [0.15, 0.2) is 42.6 Å². The zero-order valence-corrected chi connectivity index (χ0v) is 15.0. The van der Waals surface area contributed by atoms with Gasteiger partial charge in [-0.2, -0.15) is 5.10 Å². The Hall–Kier alpha value is -3.89. The molecule has 0 fully saturated rings. The molecule has 30 heavy (non-hydrogen) atoms. The van der Waals surface area contributed by atoms with E-state index in [1.165, 1.54) is 24.3 Å². The molecule has 4 aromatic rings. The molecular formula is C19H13F4N5O2. The van der Waals surface area contributed by atoms with Crippen molar-refractivity contribution in [3.05, 3.63) is 59.7 Å². The molecule has 0 aliphatic heterocycles. The summed E-state index contributed by atoms with van der Waals surface area (Å²) >= 11 is 0. The number of carbonyl (C=O) groups is 2. The van der Waals surface area contributed by atoms with Crippen molar-refractivity contribution in [2.45, 2.75) is 12.7 Å². The van der Waals surface area contributed by atoms with Crippen molar-refractivity contribution >= 4 is 39.3 Å². The summed E-state index contributed by atoms with van der Waals surface area (Å²) in [4.78, 5) is 27.3. The quantitative estimate of drug-likeness (QED) is 0.340. The fourth-order valence-electron chi connectivity index (χ4n) is 3.20. The van der Waals surface area contributed by atoms with Gasteiger partial charge in [0.25, 0.3) is 12.3 Å². The molecule has 2 aromatic heterocycles. The molecular weight excluding hydrogens is 406 g/mol. The number of halogens is 4. The molecule has 2 heterocycles. The van der Waals surface area contributed by atoms with Crippen LogP contribution in [0.25, 0.3) is 21.8 Å². The number of nitrogens with one attached hydrogen (secondary N) is 2. The molecule has 0 aliphatic rings. The van der Waals surface area contributed by atoms with Gasteiger partial charge in [0, 0.05) is 22.5 Å². The largest absolute Gasteiger partial charge is 0.366 e. The first-order valence-corrected chi connectivity index (χ1v) is 8.58. The Morgan fingerprint density at radius 3 is 2.47 bits per heavy atom. The lowest BCUT2D eigenvalue weighted by atomic mass is 10.1. The van der Waals surface area contributed by atoms with Gasteiger partial charge in [-0.1, -0.05) is 0 Å². The Morgan fingerprint density at radius 2 is 1.77 bits per heavy atom. The molecule has 4 N–H and O–H groups in total. The first-order chi connectivity index (χ1) is 14.3. The van der Waals surface area contributed by atoms with Gasteiger partial charge in [-0.05, 0) is 36.4 Å². The summed E-state index contributed by atoms with van der Waals surface area (Å²) in [5.74, 6) is -2.46. The van der Waals surface area contributed by atoms with Gasteiger partial charge in [-0.3, -0.25) is 19.6 Å². The highest BCUT2D eigenvalue weighted by atomic mass is 19.3. The summed E-state index contributed by atoms with van der Waals surface area (Å²) in [6, 6.07) is 7.41. The maximum atomic E-state index is 14.5. The van der Waals surface area contributed by atoms with E-state index in [1.54, 1.807) is 0 Å². The van der Waals surface area contributed by atoms with Crippen molar-refractivity contribution in [3.8, 4) is 0 Å². The number of hydrogen-bond acceptors (Lipinski definition) is 3. The van der Waals surface area contributed by atoms with Gasteiger partial charge in [0.05, 0.1) is 16.7 Å². The number of H-pyrrole nitrogens is 2. The van der Waals surface area contributed by atoms with Crippen LogP contribution in [0.2, 0.25) is 0 Å². The molecule has 7 nitrogen and oxygen atoms in total. The van der Waals surface area contributed by atoms with E-state index in [4.69, 9.17) is 5.73 Å². The first kappa shape index (κ1) is 19.4. The van der Waals surface area contributed by atoms with Gasteiger partial charge in [0.15, 0.2) is 5.69 Å². The fourth-order valence-corrected chi connectivity index (χ4v) is 3.20. The smallest absolute Gasteiger partial charge is 0.288 e. The van der Waals surface area contributed by atoms with Crippen molar-refractivity contribution in [1.29, 1.82) is 0 Å². The minimum absolute atomic E-state index is 0.136. The van der Waals surface area contributed by atoms with E-state index in [0.29, 0.717) is 0 Å². The second-order valence-electron chi connectivity index (χ2n) is 6.44. The molecule has 4 rings (SSSR count). The first-order valence-electron chi connectivity index (χ1n) is 8.58. The molecule has 0 saturated heterocycles. The van der Waals surface area contributed by atoms with E-state index in [-0.39, 0.29) is 43.7 Å². The lowest BCUT2D eigenvalue weighted by Gasteiger charge is -2.24.